The molecule has 2 atom stereocenters. The molecule has 3 N–H and O–H groups in total. The normalized spacial score (nSPS) is 15.4. The molecule has 0 spiro atoms. The Labute approximate surface area is 89.7 Å². The topological polar surface area (TPSA) is 50.9 Å². The van der Waals surface area contributed by atoms with E-state index in [4.69, 9.17) is 5.84 Å². The van der Waals surface area contributed by atoms with Crippen LogP contribution in [0, 0.1) is 5.92 Å². The van der Waals surface area contributed by atoms with Crippen LogP contribution in [0.3, 0.4) is 0 Å². The van der Waals surface area contributed by atoms with Gasteiger partial charge in [-0.15, -0.1) is 11.3 Å². The van der Waals surface area contributed by atoms with E-state index in [9.17, 15) is 0 Å². The lowest BCUT2D eigenvalue weighted by Crippen LogP contribution is -2.37. The van der Waals surface area contributed by atoms with E-state index in [1.807, 2.05) is 11.6 Å². The van der Waals surface area contributed by atoms with Crippen LogP contribution in [0.5, 0.6) is 0 Å². The van der Waals surface area contributed by atoms with Gasteiger partial charge in [0.2, 0.25) is 0 Å². The summed E-state index contributed by atoms with van der Waals surface area (Å²) in [5, 5.41) is 3.17. The van der Waals surface area contributed by atoms with Crippen LogP contribution in [-0.2, 0) is 6.42 Å². The fraction of sp³-hybridized carbons (Fsp3) is 0.700. The molecule has 14 heavy (non-hydrogen) atoms. The Morgan fingerprint density at radius 2 is 2.43 bits per heavy atom. The first-order valence-electron chi connectivity index (χ1n) is 5.10. The molecule has 1 heterocycles. The van der Waals surface area contributed by atoms with E-state index in [0.717, 1.165) is 23.8 Å². The van der Waals surface area contributed by atoms with Crippen molar-refractivity contribution in [3.05, 3.63) is 16.6 Å². The van der Waals surface area contributed by atoms with E-state index in [2.05, 4.69) is 24.3 Å². The minimum Gasteiger partial charge on any atom is -0.271 e. The minimum atomic E-state index is 0.357. The maximum atomic E-state index is 5.52. The quantitative estimate of drug-likeness (QED) is 0.561. The van der Waals surface area contributed by atoms with E-state index in [-0.39, 0.29) is 0 Å². The van der Waals surface area contributed by atoms with E-state index >= 15 is 0 Å². The summed E-state index contributed by atoms with van der Waals surface area (Å²) in [7, 11) is 0. The SMILES string of the molecule is CCC(C)CC(Cc1nccs1)NN. The van der Waals surface area contributed by atoms with Crippen molar-refractivity contribution in [1.29, 1.82) is 0 Å². The van der Waals surface area contributed by atoms with Crippen molar-refractivity contribution in [2.24, 2.45) is 11.8 Å². The fourth-order valence-corrected chi connectivity index (χ4v) is 2.13. The van der Waals surface area contributed by atoms with Crippen LogP contribution in [0.1, 0.15) is 31.7 Å². The van der Waals surface area contributed by atoms with E-state index in [1.54, 1.807) is 11.3 Å². The molecule has 0 aliphatic rings. The van der Waals surface area contributed by atoms with Crippen LogP contribution in [0.25, 0.3) is 0 Å². The number of aromatic nitrogens is 1. The molecule has 0 radical (unpaired) electrons. The van der Waals surface area contributed by atoms with Crippen molar-refractivity contribution in [1.82, 2.24) is 10.4 Å². The van der Waals surface area contributed by atoms with Crippen LogP contribution in [0.2, 0.25) is 0 Å². The zero-order chi connectivity index (χ0) is 10.4. The Hall–Kier alpha value is -0.450. The number of nitrogens with two attached hydrogens (primary N) is 1. The van der Waals surface area contributed by atoms with Crippen molar-refractivity contribution in [2.75, 3.05) is 0 Å². The molecule has 0 saturated carbocycles. The molecule has 0 aliphatic heterocycles. The highest BCUT2D eigenvalue weighted by Gasteiger charge is 2.12. The van der Waals surface area contributed by atoms with Crippen molar-refractivity contribution in [3.8, 4) is 0 Å². The molecule has 0 fully saturated rings. The molecule has 2 unspecified atom stereocenters. The van der Waals surface area contributed by atoms with Gasteiger partial charge in [-0.3, -0.25) is 11.3 Å². The predicted molar refractivity (Wildman–Crippen MR) is 61.0 cm³/mol. The van der Waals surface area contributed by atoms with Gasteiger partial charge in [0.1, 0.15) is 0 Å². The van der Waals surface area contributed by atoms with Crippen LogP contribution in [0.15, 0.2) is 11.6 Å². The number of thiazole rings is 1. The van der Waals surface area contributed by atoms with Gasteiger partial charge in [-0.1, -0.05) is 20.3 Å². The summed E-state index contributed by atoms with van der Waals surface area (Å²) in [5.74, 6) is 6.24. The van der Waals surface area contributed by atoms with Gasteiger partial charge >= 0.3 is 0 Å². The zero-order valence-electron chi connectivity index (χ0n) is 8.86. The van der Waals surface area contributed by atoms with Crippen molar-refractivity contribution in [3.63, 3.8) is 0 Å². The monoisotopic (exact) mass is 213 g/mol. The molecular weight excluding hydrogens is 194 g/mol. The molecule has 0 aliphatic carbocycles. The molecule has 1 aromatic heterocycles. The maximum Gasteiger partial charge on any atom is 0.0940 e. The highest BCUT2D eigenvalue weighted by Crippen LogP contribution is 2.14. The molecule has 4 heteroatoms. The van der Waals surface area contributed by atoms with Crippen molar-refractivity contribution < 1.29 is 0 Å². The first-order valence-corrected chi connectivity index (χ1v) is 5.98. The maximum absolute atomic E-state index is 5.52. The summed E-state index contributed by atoms with van der Waals surface area (Å²) in [4.78, 5) is 4.26. The van der Waals surface area contributed by atoms with E-state index in [1.165, 1.54) is 6.42 Å². The lowest BCUT2D eigenvalue weighted by atomic mass is 9.98. The van der Waals surface area contributed by atoms with Gasteiger partial charge in [-0.2, -0.15) is 0 Å². The second-order valence-corrected chi connectivity index (χ2v) is 4.72. The molecule has 0 aromatic carbocycles. The number of hydrazine groups is 1. The van der Waals surface area contributed by atoms with Crippen LogP contribution < -0.4 is 11.3 Å². The lowest BCUT2D eigenvalue weighted by molar-refractivity contribution is 0.396. The predicted octanol–water partition coefficient (Wildman–Crippen LogP) is 1.95. The van der Waals surface area contributed by atoms with Crippen LogP contribution in [-0.4, -0.2) is 11.0 Å². The largest absolute Gasteiger partial charge is 0.271 e. The summed E-state index contributed by atoms with van der Waals surface area (Å²) in [6.45, 7) is 4.47. The van der Waals surface area contributed by atoms with Crippen LogP contribution in [0.4, 0.5) is 0 Å². The molecule has 1 rings (SSSR count). The Kier molecular flexibility index (Phi) is 5.07. The third-order valence-corrected chi connectivity index (χ3v) is 3.33. The fourth-order valence-electron chi connectivity index (χ4n) is 1.43. The second kappa shape index (κ2) is 6.11. The van der Waals surface area contributed by atoms with Gasteiger partial charge < -0.3 is 0 Å². The highest BCUT2D eigenvalue weighted by molar-refractivity contribution is 7.09. The van der Waals surface area contributed by atoms with Crippen LogP contribution >= 0.6 is 11.3 Å². The molecule has 0 saturated heterocycles. The Balaban J connectivity index is 2.39. The standard InChI is InChI=1S/C10H19N3S/c1-3-8(2)6-9(13-11)7-10-12-4-5-14-10/h4-5,8-9,13H,3,6-7,11H2,1-2H3. The summed E-state index contributed by atoms with van der Waals surface area (Å²) in [6.07, 6.45) is 5.11. The van der Waals surface area contributed by atoms with Gasteiger partial charge in [-0.05, 0) is 12.3 Å². The molecule has 80 valence electrons. The van der Waals surface area contributed by atoms with E-state index < -0.39 is 0 Å². The van der Waals surface area contributed by atoms with Gasteiger partial charge in [0.25, 0.3) is 0 Å². The Morgan fingerprint density at radius 1 is 1.64 bits per heavy atom. The van der Waals surface area contributed by atoms with Crippen molar-refractivity contribution >= 4 is 11.3 Å². The number of nitrogens with one attached hydrogen (secondary N) is 1. The van der Waals surface area contributed by atoms with E-state index in [0.29, 0.717) is 6.04 Å². The number of hydrogen-bond acceptors (Lipinski definition) is 4. The van der Waals surface area contributed by atoms with Gasteiger partial charge in [-0.25, -0.2) is 4.98 Å². The van der Waals surface area contributed by atoms with Gasteiger partial charge in [0.05, 0.1) is 5.01 Å². The number of nitrogens with zero attached hydrogens (tertiary/aromatic N) is 1. The molecule has 1 aromatic rings. The lowest BCUT2D eigenvalue weighted by Gasteiger charge is -2.18. The molecule has 0 amide bonds. The molecule has 3 nitrogen and oxygen atoms in total. The average Bonchev–Trinajstić information content (AvgIpc) is 2.69. The Bertz CT molecular complexity index is 236. The minimum absolute atomic E-state index is 0.357. The summed E-state index contributed by atoms with van der Waals surface area (Å²) in [6, 6.07) is 0.357. The smallest absolute Gasteiger partial charge is 0.0940 e. The van der Waals surface area contributed by atoms with Crippen molar-refractivity contribution in [2.45, 2.75) is 39.2 Å². The number of hydrogen-bond donors (Lipinski definition) is 2. The van der Waals surface area contributed by atoms with Gasteiger partial charge in [0, 0.05) is 24.0 Å². The van der Waals surface area contributed by atoms with Gasteiger partial charge in [0.15, 0.2) is 0 Å². The Morgan fingerprint density at radius 3 is 2.93 bits per heavy atom. The first kappa shape index (κ1) is 11.6. The third kappa shape index (κ3) is 3.74. The molecular formula is C10H19N3S. The summed E-state index contributed by atoms with van der Waals surface area (Å²) < 4.78 is 0. The zero-order valence-corrected chi connectivity index (χ0v) is 9.68. The highest BCUT2D eigenvalue weighted by atomic mass is 32.1. The average molecular weight is 213 g/mol. The third-order valence-electron chi connectivity index (χ3n) is 2.52. The summed E-state index contributed by atoms with van der Waals surface area (Å²) >= 11 is 1.69. The summed E-state index contributed by atoms with van der Waals surface area (Å²) in [5.41, 5.74) is 2.87. The molecule has 0 bridgehead atoms. The second-order valence-electron chi connectivity index (χ2n) is 3.74. The number of rotatable bonds is 6. The first-order chi connectivity index (χ1) is 6.76.